The average Bonchev–Trinajstić information content (AvgIpc) is 2.69. The van der Waals surface area contributed by atoms with Crippen LogP contribution in [0.1, 0.15) is 34.1 Å². The van der Waals surface area contributed by atoms with Crippen LogP contribution in [0.15, 0.2) is 66.9 Å². The van der Waals surface area contributed by atoms with Gasteiger partial charge in [-0.25, -0.2) is 0 Å². The molecule has 0 atom stereocenters. The highest BCUT2D eigenvalue weighted by atomic mass is 16.2. The number of rotatable bonds is 6. The lowest BCUT2D eigenvalue weighted by atomic mass is 10.1. The number of pyridine rings is 1. The van der Waals surface area contributed by atoms with Crippen LogP contribution in [0.25, 0.3) is 0 Å². The normalized spacial score (nSPS) is 10.5. The van der Waals surface area contributed by atoms with E-state index in [-0.39, 0.29) is 5.91 Å². The first-order valence-electron chi connectivity index (χ1n) is 9.20. The Kier molecular flexibility index (Phi) is 5.87. The lowest BCUT2D eigenvalue weighted by molar-refractivity contribution is 0.0746. The predicted octanol–water partition coefficient (Wildman–Crippen LogP) is 5.10. The lowest BCUT2D eigenvalue weighted by Crippen LogP contribution is -2.31. The smallest absolute Gasteiger partial charge is 0.272 e. The standard InChI is InChI=1S/C23H25N3O/c1-4-26(16-19-8-6-5-7-9-19)23(27)22-15-20(12-13-24-22)25-21-14-17(2)10-11-18(21)3/h5-15H,4,16H2,1-3H3,(H,24,25). The highest BCUT2D eigenvalue weighted by Gasteiger charge is 2.16. The van der Waals surface area contributed by atoms with Crippen LogP contribution in [0.2, 0.25) is 0 Å². The molecule has 3 rings (SSSR count). The van der Waals surface area contributed by atoms with E-state index in [1.807, 2.05) is 49.4 Å². The first-order chi connectivity index (χ1) is 13.1. The van der Waals surface area contributed by atoms with Crippen molar-refractivity contribution in [2.75, 3.05) is 11.9 Å². The molecule has 4 nitrogen and oxygen atoms in total. The summed E-state index contributed by atoms with van der Waals surface area (Å²) in [5.74, 6) is -0.0639. The minimum absolute atomic E-state index is 0.0639. The van der Waals surface area contributed by atoms with Gasteiger partial charge >= 0.3 is 0 Å². The minimum atomic E-state index is -0.0639. The van der Waals surface area contributed by atoms with Gasteiger partial charge in [0.15, 0.2) is 0 Å². The summed E-state index contributed by atoms with van der Waals surface area (Å²) in [5, 5.41) is 3.40. The third-order valence-electron chi connectivity index (χ3n) is 4.54. The number of anilines is 2. The van der Waals surface area contributed by atoms with E-state index in [2.05, 4.69) is 42.3 Å². The maximum absolute atomic E-state index is 12.9. The van der Waals surface area contributed by atoms with Crippen LogP contribution in [0, 0.1) is 13.8 Å². The number of hydrogen-bond donors (Lipinski definition) is 1. The van der Waals surface area contributed by atoms with Crippen LogP contribution in [0.5, 0.6) is 0 Å². The summed E-state index contributed by atoms with van der Waals surface area (Å²) in [7, 11) is 0. The summed E-state index contributed by atoms with van der Waals surface area (Å²) >= 11 is 0. The van der Waals surface area contributed by atoms with E-state index < -0.39 is 0 Å². The number of hydrogen-bond acceptors (Lipinski definition) is 3. The SMILES string of the molecule is CCN(Cc1ccccc1)C(=O)c1cc(Nc2cc(C)ccc2C)ccn1. The van der Waals surface area contributed by atoms with Crippen molar-refractivity contribution in [2.24, 2.45) is 0 Å². The van der Waals surface area contributed by atoms with Gasteiger partial charge in [0.05, 0.1) is 0 Å². The van der Waals surface area contributed by atoms with E-state index in [9.17, 15) is 4.79 Å². The van der Waals surface area contributed by atoms with Crippen molar-refractivity contribution in [2.45, 2.75) is 27.3 Å². The molecule has 1 heterocycles. The fraction of sp³-hybridized carbons (Fsp3) is 0.217. The van der Waals surface area contributed by atoms with E-state index in [0.717, 1.165) is 22.5 Å². The molecule has 0 bridgehead atoms. The molecule has 27 heavy (non-hydrogen) atoms. The molecule has 2 aromatic carbocycles. The highest BCUT2D eigenvalue weighted by Crippen LogP contribution is 2.22. The Bertz CT molecular complexity index is 922. The molecule has 138 valence electrons. The Morgan fingerprint density at radius 3 is 2.56 bits per heavy atom. The van der Waals surface area contributed by atoms with Gasteiger partial charge in [-0.15, -0.1) is 0 Å². The number of aryl methyl sites for hydroxylation is 2. The van der Waals surface area contributed by atoms with Crippen LogP contribution in [0.4, 0.5) is 11.4 Å². The second-order valence-corrected chi connectivity index (χ2v) is 6.68. The zero-order valence-electron chi connectivity index (χ0n) is 16.1. The van der Waals surface area contributed by atoms with Gasteiger partial charge in [-0.1, -0.05) is 42.5 Å². The summed E-state index contributed by atoms with van der Waals surface area (Å²) < 4.78 is 0. The first-order valence-corrected chi connectivity index (χ1v) is 9.20. The monoisotopic (exact) mass is 359 g/mol. The zero-order chi connectivity index (χ0) is 19.2. The molecule has 0 aliphatic rings. The molecule has 0 unspecified atom stereocenters. The van der Waals surface area contributed by atoms with Crippen molar-refractivity contribution in [1.29, 1.82) is 0 Å². The third-order valence-corrected chi connectivity index (χ3v) is 4.54. The molecule has 0 radical (unpaired) electrons. The molecule has 1 N–H and O–H groups in total. The van der Waals surface area contributed by atoms with Gasteiger partial charge in [0.2, 0.25) is 0 Å². The van der Waals surface area contributed by atoms with E-state index >= 15 is 0 Å². The Balaban J connectivity index is 1.79. The Morgan fingerprint density at radius 1 is 1.04 bits per heavy atom. The molecule has 0 aliphatic carbocycles. The molecule has 4 heteroatoms. The largest absolute Gasteiger partial charge is 0.355 e. The molecule has 0 saturated carbocycles. The van der Waals surface area contributed by atoms with Gasteiger partial charge in [0.1, 0.15) is 5.69 Å². The van der Waals surface area contributed by atoms with Crippen LogP contribution in [0.3, 0.4) is 0 Å². The minimum Gasteiger partial charge on any atom is -0.355 e. The number of carbonyl (C=O) groups is 1. The van der Waals surface area contributed by atoms with Crippen LogP contribution >= 0.6 is 0 Å². The van der Waals surface area contributed by atoms with Crippen molar-refractivity contribution in [3.05, 3.63) is 89.2 Å². The van der Waals surface area contributed by atoms with Crippen LogP contribution in [-0.4, -0.2) is 22.3 Å². The molecular weight excluding hydrogens is 334 g/mol. The molecule has 0 saturated heterocycles. The van der Waals surface area contributed by atoms with Crippen molar-refractivity contribution in [1.82, 2.24) is 9.88 Å². The highest BCUT2D eigenvalue weighted by molar-refractivity contribution is 5.93. The van der Waals surface area contributed by atoms with Crippen molar-refractivity contribution >= 4 is 17.3 Å². The maximum Gasteiger partial charge on any atom is 0.272 e. The molecule has 0 fully saturated rings. The van der Waals surface area contributed by atoms with Crippen molar-refractivity contribution < 1.29 is 4.79 Å². The Morgan fingerprint density at radius 2 is 1.81 bits per heavy atom. The summed E-state index contributed by atoms with van der Waals surface area (Å²) in [6, 6.07) is 20.0. The topological polar surface area (TPSA) is 45.2 Å². The van der Waals surface area contributed by atoms with Gasteiger partial charge in [0, 0.05) is 30.7 Å². The van der Waals surface area contributed by atoms with E-state index in [4.69, 9.17) is 0 Å². The van der Waals surface area contributed by atoms with Gasteiger partial charge in [-0.2, -0.15) is 0 Å². The summed E-state index contributed by atoms with van der Waals surface area (Å²) in [5.41, 5.74) is 5.80. The number of amides is 1. The molecule has 0 aliphatic heterocycles. The van der Waals surface area contributed by atoms with Crippen molar-refractivity contribution in [3.8, 4) is 0 Å². The lowest BCUT2D eigenvalue weighted by Gasteiger charge is -2.21. The quantitative estimate of drug-likeness (QED) is 0.665. The summed E-state index contributed by atoms with van der Waals surface area (Å²) in [6.07, 6.45) is 1.68. The van der Waals surface area contributed by atoms with E-state index in [1.54, 1.807) is 11.1 Å². The molecule has 1 aromatic heterocycles. The first kappa shape index (κ1) is 18.6. The zero-order valence-corrected chi connectivity index (χ0v) is 16.1. The maximum atomic E-state index is 12.9. The number of aromatic nitrogens is 1. The fourth-order valence-electron chi connectivity index (χ4n) is 2.94. The number of nitrogens with one attached hydrogen (secondary N) is 1. The molecule has 3 aromatic rings. The Hall–Kier alpha value is -3.14. The van der Waals surface area contributed by atoms with Gasteiger partial charge in [0.25, 0.3) is 5.91 Å². The van der Waals surface area contributed by atoms with Gasteiger partial charge in [-0.05, 0) is 55.7 Å². The number of carbonyl (C=O) groups excluding carboxylic acids is 1. The summed E-state index contributed by atoms with van der Waals surface area (Å²) in [6.45, 7) is 7.32. The van der Waals surface area contributed by atoms with E-state index in [0.29, 0.717) is 18.8 Å². The molecule has 1 amide bonds. The van der Waals surface area contributed by atoms with E-state index in [1.165, 1.54) is 5.56 Å². The van der Waals surface area contributed by atoms with Crippen molar-refractivity contribution in [3.63, 3.8) is 0 Å². The predicted molar refractivity (Wildman–Crippen MR) is 110 cm³/mol. The average molecular weight is 359 g/mol. The molecule has 0 spiro atoms. The number of benzene rings is 2. The third kappa shape index (κ3) is 4.73. The fourth-order valence-corrected chi connectivity index (χ4v) is 2.94. The van der Waals surface area contributed by atoms with Gasteiger partial charge in [-0.3, -0.25) is 9.78 Å². The molecular formula is C23H25N3O. The second-order valence-electron chi connectivity index (χ2n) is 6.68. The van der Waals surface area contributed by atoms with Gasteiger partial charge < -0.3 is 10.2 Å². The van der Waals surface area contributed by atoms with Crippen LogP contribution < -0.4 is 5.32 Å². The summed E-state index contributed by atoms with van der Waals surface area (Å²) in [4.78, 5) is 19.0. The van der Waals surface area contributed by atoms with Crippen LogP contribution in [-0.2, 0) is 6.54 Å². The second kappa shape index (κ2) is 8.49. The number of nitrogens with zero attached hydrogens (tertiary/aromatic N) is 2. The Labute approximate surface area is 160 Å².